The van der Waals surface area contributed by atoms with Gasteiger partial charge in [-0.25, -0.2) is 0 Å². The van der Waals surface area contributed by atoms with Crippen LogP contribution in [0.3, 0.4) is 0 Å². The zero-order valence-corrected chi connectivity index (χ0v) is 7.44. The summed E-state index contributed by atoms with van der Waals surface area (Å²) in [7, 11) is 0. The second kappa shape index (κ2) is 3.79. The van der Waals surface area contributed by atoms with Crippen LogP contribution in [0.5, 0.6) is 0 Å². The van der Waals surface area contributed by atoms with Gasteiger partial charge < -0.3 is 5.32 Å². The van der Waals surface area contributed by atoms with Gasteiger partial charge in [0.1, 0.15) is 6.54 Å². The molecular formula is C7H10N4O2. The fraction of sp³-hybridized carbons (Fsp3) is 0.429. The molecule has 13 heavy (non-hydrogen) atoms. The van der Waals surface area contributed by atoms with E-state index in [2.05, 4.69) is 15.5 Å². The number of nitrogens with zero attached hydrogens (tertiary/aromatic N) is 3. The molecule has 0 unspecified atom stereocenters. The Balaban J connectivity index is 2.63. The number of hydrogen-bond acceptors (Lipinski definition) is 4. The molecular weight excluding hydrogens is 172 g/mol. The number of hydrogen-bond donors (Lipinski definition) is 1. The second-order valence-electron chi connectivity index (χ2n) is 2.64. The van der Waals surface area contributed by atoms with Gasteiger partial charge in [0.05, 0.1) is 6.20 Å². The Bertz CT molecular complexity index is 300. The molecule has 1 N–H and O–H groups in total. The minimum absolute atomic E-state index is 0.0371. The van der Waals surface area contributed by atoms with Gasteiger partial charge in [-0.3, -0.25) is 9.59 Å². The standard InChI is InChI=1S/C7H10N4O2/c1-5(12)4-11-8-3-7(10-11)9-6(2)13/h3H,4H2,1-2H3,(H,9,10,13). The highest BCUT2D eigenvalue weighted by Crippen LogP contribution is 1.97. The van der Waals surface area contributed by atoms with Crippen LogP contribution in [0.4, 0.5) is 5.82 Å². The van der Waals surface area contributed by atoms with E-state index in [1.54, 1.807) is 0 Å². The minimum Gasteiger partial charge on any atom is -0.308 e. The summed E-state index contributed by atoms with van der Waals surface area (Å²) in [6.07, 6.45) is 1.39. The lowest BCUT2D eigenvalue weighted by Crippen LogP contribution is -2.11. The van der Waals surface area contributed by atoms with Crippen LogP contribution in [0.25, 0.3) is 0 Å². The Morgan fingerprint density at radius 2 is 2.23 bits per heavy atom. The number of ketones is 1. The normalized spacial score (nSPS) is 9.69. The molecule has 0 aromatic carbocycles. The minimum atomic E-state index is -0.213. The van der Waals surface area contributed by atoms with Crippen molar-refractivity contribution in [2.75, 3.05) is 5.32 Å². The number of carbonyl (C=O) groups is 2. The number of nitrogens with one attached hydrogen (secondary N) is 1. The second-order valence-corrected chi connectivity index (χ2v) is 2.64. The smallest absolute Gasteiger partial charge is 0.222 e. The van der Waals surface area contributed by atoms with Crippen LogP contribution in [0.2, 0.25) is 0 Å². The number of rotatable bonds is 3. The first-order chi connectivity index (χ1) is 6.08. The van der Waals surface area contributed by atoms with Crippen LogP contribution >= 0.6 is 0 Å². The number of carbonyl (C=O) groups excluding carboxylic acids is 2. The zero-order valence-electron chi connectivity index (χ0n) is 7.44. The fourth-order valence-corrected chi connectivity index (χ4v) is 0.810. The van der Waals surface area contributed by atoms with Crippen molar-refractivity contribution < 1.29 is 9.59 Å². The summed E-state index contributed by atoms with van der Waals surface area (Å²) in [4.78, 5) is 22.5. The van der Waals surface area contributed by atoms with Crippen molar-refractivity contribution in [1.82, 2.24) is 15.0 Å². The summed E-state index contributed by atoms with van der Waals surface area (Å²) < 4.78 is 0. The molecule has 0 spiro atoms. The largest absolute Gasteiger partial charge is 0.308 e. The maximum atomic E-state index is 10.7. The Labute approximate surface area is 74.9 Å². The molecule has 0 radical (unpaired) electrons. The van der Waals surface area contributed by atoms with Gasteiger partial charge >= 0.3 is 0 Å². The van der Waals surface area contributed by atoms with E-state index < -0.39 is 0 Å². The molecule has 1 rings (SSSR count). The summed E-state index contributed by atoms with van der Waals surface area (Å²) in [6, 6.07) is 0. The van der Waals surface area contributed by atoms with Crippen LogP contribution < -0.4 is 5.32 Å². The predicted molar refractivity (Wildman–Crippen MR) is 45.0 cm³/mol. The summed E-state index contributed by atoms with van der Waals surface area (Å²) in [6.45, 7) is 2.95. The maximum absolute atomic E-state index is 10.7. The predicted octanol–water partition coefficient (Wildman–Crippen LogP) is -0.175. The number of anilines is 1. The SMILES string of the molecule is CC(=O)Cn1ncc(NC(C)=O)n1. The van der Waals surface area contributed by atoms with E-state index >= 15 is 0 Å². The van der Waals surface area contributed by atoms with Gasteiger partial charge in [-0.15, -0.1) is 5.10 Å². The van der Waals surface area contributed by atoms with Crippen molar-refractivity contribution in [1.29, 1.82) is 0 Å². The third kappa shape index (κ3) is 3.02. The summed E-state index contributed by atoms with van der Waals surface area (Å²) in [5, 5.41) is 10.1. The van der Waals surface area contributed by atoms with Crippen LogP contribution in [0.1, 0.15) is 13.8 Å². The zero-order chi connectivity index (χ0) is 9.84. The van der Waals surface area contributed by atoms with Gasteiger partial charge in [-0.1, -0.05) is 0 Å². The van der Waals surface area contributed by atoms with E-state index in [9.17, 15) is 9.59 Å². The number of Topliss-reactive ketones (excluding diaryl/α,β-unsaturated/α-hetero) is 1. The highest BCUT2D eigenvalue weighted by molar-refractivity contribution is 5.87. The molecule has 6 heteroatoms. The van der Waals surface area contributed by atoms with Crippen molar-refractivity contribution in [2.24, 2.45) is 0 Å². The fourth-order valence-electron chi connectivity index (χ4n) is 0.810. The maximum Gasteiger partial charge on any atom is 0.222 e. The molecule has 0 aliphatic carbocycles. The summed E-state index contributed by atoms with van der Waals surface area (Å²) >= 11 is 0. The molecule has 0 bridgehead atoms. The van der Waals surface area contributed by atoms with Gasteiger partial charge in [0.25, 0.3) is 0 Å². The summed E-state index contributed by atoms with van der Waals surface area (Å²) in [5.41, 5.74) is 0. The molecule has 1 aromatic heterocycles. The van der Waals surface area contributed by atoms with Crippen LogP contribution in [-0.2, 0) is 16.1 Å². The van der Waals surface area contributed by atoms with Gasteiger partial charge in [0, 0.05) is 6.92 Å². The first-order valence-electron chi connectivity index (χ1n) is 3.75. The molecule has 0 aliphatic rings. The third-order valence-corrected chi connectivity index (χ3v) is 1.20. The highest BCUT2D eigenvalue weighted by atomic mass is 16.1. The molecule has 1 aromatic rings. The van der Waals surface area contributed by atoms with Crippen molar-refractivity contribution in [3.63, 3.8) is 0 Å². The van der Waals surface area contributed by atoms with E-state index in [1.807, 2.05) is 0 Å². The topological polar surface area (TPSA) is 76.9 Å². The number of amides is 1. The van der Waals surface area contributed by atoms with Gasteiger partial charge in [-0.2, -0.15) is 9.90 Å². The first-order valence-corrected chi connectivity index (χ1v) is 3.75. The summed E-state index contributed by atoms with van der Waals surface area (Å²) in [5.74, 6) is 0.105. The molecule has 6 nitrogen and oxygen atoms in total. The van der Waals surface area contributed by atoms with Crippen LogP contribution in [0, 0.1) is 0 Å². The molecule has 1 amide bonds. The Kier molecular flexibility index (Phi) is 2.73. The molecule has 0 aliphatic heterocycles. The van der Waals surface area contributed by atoms with Crippen LogP contribution in [-0.4, -0.2) is 26.7 Å². The van der Waals surface area contributed by atoms with E-state index in [1.165, 1.54) is 24.8 Å². The Hall–Kier alpha value is -1.72. The van der Waals surface area contributed by atoms with Gasteiger partial charge in [-0.05, 0) is 6.92 Å². The Morgan fingerprint density at radius 3 is 2.77 bits per heavy atom. The van der Waals surface area contributed by atoms with Crippen molar-refractivity contribution in [3.8, 4) is 0 Å². The first kappa shape index (κ1) is 9.37. The molecule has 0 fully saturated rings. The molecule has 1 heterocycles. The van der Waals surface area contributed by atoms with E-state index in [0.717, 1.165) is 0 Å². The lowest BCUT2D eigenvalue weighted by atomic mass is 10.5. The lowest BCUT2D eigenvalue weighted by Gasteiger charge is -1.94. The average Bonchev–Trinajstić information content (AvgIpc) is 2.33. The highest BCUT2D eigenvalue weighted by Gasteiger charge is 2.02. The van der Waals surface area contributed by atoms with Gasteiger partial charge in [0.15, 0.2) is 11.6 Å². The van der Waals surface area contributed by atoms with Crippen LogP contribution in [0.15, 0.2) is 6.20 Å². The lowest BCUT2D eigenvalue weighted by molar-refractivity contribution is -0.118. The quantitative estimate of drug-likeness (QED) is 0.703. The van der Waals surface area contributed by atoms with Gasteiger partial charge in [0.2, 0.25) is 5.91 Å². The van der Waals surface area contributed by atoms with E-state index in [-0.39, 0.29) is 18.2 Å². The molecule has 0 saturated carbocycles. The molecule has 0 atom stereocenters. The molecule has 0 saturated heterocycles. The van der Waals surface area contributed by atoms with E-state index in [4.69, 9.17) is 0 Å². The van der Waals surface area contributed by atoms with E-state index in [0.29, 0.717) is 5.82 Å². The average molecular weight is 182 g/mol. The number of aromatic nitrogens is 3. The Morgan fingerprint density at radius 1 is 1.54 bits per heavy atom. The monoisotopic (exact) mass is 182 g/mol. The van der Waals surface area contributed by atoms with Crippen molar-refractivity contribution >= 4 is 17.5 Å². The molecule has 70 valence electrons. The van der Waals surface area contributed by atoms with Crippen molar-refractivity contribution in [2.45, 2.75) is 20.4 Å². The third-order valence-electron chi connectivity index (χ3n) is 1.20. The van der Waals surface area contributed by atoms with Crippen molar-refractivity contribution in [3.05, 3.63) is 6.20 Å².